The van der Waals surface area contributed by atoms with Crippen LogP contribution in [0.1, 0.15) is 33.2 Å². The summed E-state index contributed by atoms with van der Waals surface area (Å²) in [6, 6.07) is 6.02. The van der Waals surface area contributed by atoms with Crippen molar-refractivity contribution >= 4 is 28.6 Å². The number of imidazole rings is 1. The van der Waals surface area contributed by atoms with E-state index in [2.05, 4.69) is 25.8 Å². The Morgan fingerprint density at radius 2 is 2.12 bits per heavy atom. The second-order valence-electron chi connectivity index (χ2n) is 4.57. The van der Waals surface area contributed by atoms with E-state index in [9.17, 15) is 0 Å². The molecule has 0 fully saturated rings. The van der Waals surface area contributed by atoms with Crippen molar-refractivity contribution in [3.05, 3.63) is 23.2 Å². The number of anilines is 1. The molecule has 17 heavy (non-hydrogen) atoms. The molecule has 2 N–H and O–H groups in total. The number of benzene rings is 1. The molecule has 2 unspecified atom stereocenters. The number of fused-ring (bicyclic) bond motifs is 1. The van der Waals surface area contributed by atoms with Gasteiger partial charge in [0.25, 0.3) is 0 Å². The Morgan fingerprint density at radius 3 is 2.76 bits per heavy atom. The molecule has 1 heterocycles. The zero-order valence-corrected chi connectivity index (χ0v) is 11.2. The van der Waals surface area contributed by atoms with Gasteiger partial charge < -0.3 is 10.3 Å². The Balaban J connectivity index is 2.64. The number of nitrogen functional groups attached to an aromatic ring is 1. The van der Waals surface area contributed by atoms with E-state index in [1.807, 2.05) is 22.8 Å². The minimum absolute atomic E-state index is 0.296. The Morgan fingerprint density at radius 1 is 1.41 bits per heavy atom. The van der Waals surface area contributed by atoms with Crippen molar-refractivity contribution in [2.24, 2.45) is 5.92 Å². The van der Waals surface area contributed by atoms with Crippen molar-refractivity contribution in [1.82, 2.24) is 9.55 Å². The van der Waals surface area contributed by atoms with Crippen LogP contribution in [0.3, 0.4) is 0 Å². The molecule has 0 aliphatic heterocycles. The van der Waals surface area contributed by atoms with Gasteiger partial charge in [0, 0.05) is 6.04 Å². The molecule has 4 heteroatoms. The third-order valence-corrected chi connectivity index (χ3v) is 3.87. The highest BCUT2D eigenvalue weighted by molar-refractivity contribution is 6.35. The van der Waals surface area contributed by atoms with Crippen LogP contribution in [0, 0.1) is 5.92 Å². The van der Waals surface area contributed by atoms with Crippen LogP contribution in [0.4, 0.5) is 5.95 Å². The average Bonchev–Trinajstić information content (AvgIpc) is 2.65. The second-order valence-corrected chi connectivity index (χ2v) is 4.98. The van der Waals surface area contributed by atoms with E-state index in [4.69, 9.17) is 17.3 Å². The van der Waals surface area contributed by atoms with Gasteiger partial charge in [0.05, 0.1) is 16.1 Å². The monoisotopic (exact) mass is 251 g/mol. The fourth-order valence-corrected chi connectivity index (χ4v) is 2.39. The minimum Gasteiger partial charge on any atom is -0.369 e. The summed E-state index contributed by atoms with van der Waals surface area (Å²) in [6.07, 6.45) is 1.10. The van der Waals surface area contributed by atoms with Crippen LogP contribution in [0.25, 0.3) is 11.0 Å². The molecule has 0 radical (unpaired) electrons. The van der Waals surface area contributed by atoms with Crippen molar-refractivity contribution in [2.75, 3.05) is 5.73 Å². The highest BCUT2D eigenvalue weighted by atomic mass is 35.5. The molecule has 2 atom stereocenters. The first-order chi connectivity index (χ1) is 8.06. The summed E-state index contributed by atoms with van der Waals surface area (Å²) >= 11 is 6.25. The van der Waals surface area contributed by atoms with Gasteiger partial charge in [-0.05, 0) is 25.0 Å². The van der Waals surface area contributed by atoms with Gasteiger partial charge in [0.15, 0.2) is 0 Å². The maximum atomic E-state index is 6.25. The first-order valence-corrected chi connectivity index (χ1v) is 6.36. The number of para-hydroxylation sites is 1. The first kappa shape index (κ1) is 12.2. The number of nitrogens with zero attached hydrogens (tertiary/aromatic N) is 2. The summed E-state index contributed by atoms with van der Waals surface area (Å²) in [4.78, 5) is 4.37. The Hall–Kier alpha value is -1.22. The Kier molecular flexibility index (Phi) is 3.29. The Bertz CT molecular complexity index is 533. The molecule has 0 amide bonds. The number of nitrogens with two attached hydrogens (primary N) is 1. The van der Waals surface area contributed by atoms with Crippen molar-refractivity contribution in [3.8, 4) is 0 Å². The molecule has 0 spiro atoms. The van der Waals surface area contributed by atoms with Gasteiger partial charge in [0.1, 0.15) is 0 Å². The predicted molar refractivity (Wildman–Crippen MR) is 73.3 cm³/mol. The molecule has 0 saturated heterocycles. The minimum atomic E-state index is 0.296. The third-order valence-electron chi connectivity index (χ3n) is 3.56. The molecule has 1 aromatic carbocycles. The number of rotatable bonds is 3. The van der Waals surface area contributed by atoms with Crippen molar-refractivity contribution in [2.45, 2.75) is 33.2 Å². The zero-order valence-electron chi connectivity index (χ0n) is 10.4. The molecule has 3 nitrogen and oxygen atoms in total. The summed E-state index contributed by atoms with van der Waals surface area (Å²) in [5.74, 6) is 1.08. The standard InChI is InChI=1S/C13H18ClN3/c1-4-8(2)9(3)17-12-10(14)6-5-7-11(12)16-13(17)15/h5-9H,4H2,1-3H3,(H2,15,16). The van der Waals surface area contributed by atoms with Gasteiger partial charge in [-0.15, -0.1) is 0 Å². The highest BCUT2D eigenvalue weighted by Crippen LogP contribution is 2.32. The molecule has 0 aliphatic carbocycles. The van der Waals surface area contributed by atoms with Crippen LogP contribution in [0.5, 0.6) is 0 Å². The summed E-state index contributed by atoms with van der Waals surface area (Å²) in [5, 5.41) is 0.710. The molecule has 0 aliphatic rings. The number of hydrogen-bond donors (Lipinski definition) is 1. The molecular weight excluding hydrogens is 234 g/mol. The van der Waals surface area contributed by atoms with Gasteiger partial charge in [-0.3, -0.25) is 0 Å². The third kappa shape index (κ3) is 2.00. The Labute approximate surface area is 107 Å². The number of halogens is 1. The fraction of sp³-hybridized carbons (Fsp3) is 0.462. The van der Waals surface area contributed by atoms with Crippen molar-refractivity contribution < 1.29 is 0 Å². The van der Waals surface area contributed by atoms with Gasteiger partial charge in [0.2, 0.25) is 5.95 Å². The van der Waals surface area contributed by atoms with Gasteiger partial charge in [-0.1, -0.05) is 37.9 Å². The molecule has 0 bridgehead atoms. The number of hydrogen-bond acceptors (Lipinski definition) is 2. The van der Waals surface area contributed by atoms with Gasteiger partial charge in [-0.2, -0.15) is 0 Å². The fourth-order valence-electron chi connectivity index (χ4n) is 2.13. The number of aromatic nitrogens is 2. The van der Waals surface area contributed by atoms with Crippen LogP contribution in [0.15, 0.2) is 18.2 Å². The van der Waals surface area contributed by atoms with Gasteiger partial charge in [-0.25, -0.2) is 4.98 Å². The molecule has 0 saturated carbocycles. The maximum Gasteiger partial charge on any atom is 0.201 e. The van der Waals surface area contributed by atoms with Crippen molar-refractivity contribution in [1.29, 1.82) is 0 Å². The normalized spacial score (nSPS) is 15.1. The molecule has 92 valence electrons. The SMILES string of the molecule is CCC(C)C(C)n1c(N)nc2cccc(Cl)c21. The predicted octanol–water partition coefficient (Wildman–Crippen LogP) is 3.88. The maximum absolute atomic E-state index is 6.25. The van der Waals surface area contributed by atoms with E-state index in [1.165, 1.54) is 0 Å². The van der Waals surface area contributed by atoms with E-state index in [1.54, 1.807) is 0 Å². The molecule has 2 rings (SSSR count). The lowest BCUT2D eigenvalue weighted by atomic mass is 10.0. The smallest absolute Gasteiger partial charge is 0.201 e. The van der Waals surface area contributed by atoms with Crippen LogP contribution < -0.4 is 5.73 Å². The summed E-state index contributed by atoms with van der Waals surface area (Å²) in [5.41, 5.74) is 7.82. The quantitative estimate of drug-likeness (QED) is 0.900. The molecule has 1 aromatic heterocycles. The average molecular weight is 252 g/mol. The lowest BCUT2D eigenvalue weighted by Crippen LogP contribution is -2.15. The highest BCUT2D eigenvalue weighted by Gasteiger charge is 2.19. The van der Waals surface area contributed by atoms with E-state index in [0.717, 1.165) is 17.5 Å². The van der Waals surface area contributed by atoms with E-state index < -0.39 is 0 Å². The van der Waals surface area contributed by atoms with E-state index in [0.29, 0.717) is 22.9 Å². The van der Waals surface area contributed by atoms with Gasteiger partial charge >= 0.3 is 0 Å². The molecule has 2 aromatic rings. The lowest BCUT2D eigenvalue weighted by Gasteiger charge is -2.22. The van der Waals surface area contributed by atoms with Crippen LogP contribution >= 0.6 is 11.6 Å². The van der Waals surface area contributed by atoms with E-state index in [-0.39, 0.29) is 0 Å². The largest absolute Gasteiger partial charge is 0.369 e. The molecular formula is C13H18ClN3. The summed E-state index contributed by atoms with van der Waals surface area (Å²) < 4.78 is 2.05. The zero-order chi connectivity index (χ0) is 12.6. The van der Waals surface area contributed by atoms with Crippen LogP contribution in [0.2, 0.25) is 5.02 Å². The first-order valence-electron chi connectivity index (χ1n) is 5.98. The van der Waals surface area contributed by atoms with Crippen molar-refractivity contribution in [3.63, 3.8) is 0 Å². The topological polar surface area (TPSA) is 43.8 Å². The summed E-state index contributed by atoms with van der Waals surface area (Å²) in [6.45, 7) is 6.56. The lowest BCUT2D eigenvalue weighted by molar-refractivity contribution is 0.381. The summed E-state index contributed by atoms with van der Waals surface area (Å²) in [7, 11) is 0. The van der Waals surface area contributed by atoms with E-state index >= 15 is 0 Å². The van der Waals surface area contributed by atoms with Crippen LogP contribution in [-0.4, -0.2) is 9.55 Å². The van der Waals surface area contributed by atoms with Crippen LogP contribution in [-0.2, 0) is 0 Å². The second kappa shape index (κ2) is 4.57.